The van der Waals surface area contributed by atoms with Crippen LogP contribution >= 0.6 is 15.9 Å². The maximum absolute atomic E-state index is 5.08. The number of nitrogens with one attached hydrogen (secondary N) is 1. The highest BCUT2D eigenvalue weighted by atomic mass is 79.9. The average molecular weight is 352 g/mol. The van der Waals surface area contributed by atoms with Gasteiger partial charge in [-0.05, 0) is 43.5 Å². The van der Waals surface area contributed by atoms with Gasteiger partial charge in [0.15, 0.2) is 0 Å². The molecule has 0 spiro atoms. The fourth-order valence-corrected chi connectivity index (χ4v) is 2.70. The van der Waals surface area contributed by atoms with Gasteiger partial charge in [0.25, 0.3) is 0 Å². The van der Waals surface area contributed by atoms with Crippen LogP contribution in [0.25, 0.3) is 5.69 Å². The van der Waals surface area contributed by atoms with Gasteiger partial charge in [-0.25, -0.2) is 4.98 Å². The van der Waals surface area contributed by atoms with Gasteiger partial charge in [-0.15, -0.1) is 0 Å². The summed E-state index contributed by atoms with van der Waals surface area (Å²) in [6.45, 7) is 5.79. The number of aryl methyl sites for hydroxylation is 2. The molecule has 5 heteroatoms. The van der Waals surface area contributed by atoms with Gasteiger partial charge < -0.3 is 10.1 Å². The Morgan fingerprint density at radius 1 is 1.38 bits per heavy atom. The third-order valence-electron chi connectivity index (χ3n) is 3.32. The standard InChI is InChI=1S/C16H22BrN3O/c1-4-13-10-14(17)6-7-15(13)20-11-12(2)19-16(20)18-8-5-9-21-3/h6-7,10-11H,4-5,8-9H2,1-3H3,(H,18,19). The molecule has 1 aromatic heterocycles. The van der Waals surface area contributed by atoms with Gasteiger partial charge in [-0.2, -0.15) is 0 Å². The molecule has 0 unspecified atom stereocenters. The van der Waals surface area contributed by atoms with Crippen LogP contribution in [0.1, 0.15) is 24.6 Å². The van der Waals surface area contributed by atoms with Crippen molar-refractivity contribution in [1.82, 2.24) is 9.55 Å². The second-order valence-electron chi connectivity index (χ2n) is 4.98. The number of rotatable bonds is 7. The van der Waals surface area contributed by atoms with Gasteiger partial charge in [0, 0.05) is 30.9 Å². The smallest absolute Gasteiger partial charge is 0.207 e. The Morgan fingerprint density at radius 2 is 2.19 bits per heavy atom. The normalized spacial score (nSPS) is 10.9. The van der Waals surface area contributed by atoms with E-state index in [4.69, 9.17) is 4.74 Å². The number of ether oxygens (including phenoxy) is 1. The summed E-state index contributed by atoms with van der Waals surface area (Å²) in [5.74, 6) is 0.889. The Bertz CT molecular complexity index is 595. The van der Waals surface area contributed by atoms with Crippen molar-refractivity contribution in [2.75, 3.05) is 25.6 Å². The first kappa shape index (κ1) is 16.0. The number of halogens is 1. The van der Waals surface area contributed by atoms with E-state index in [1.807, 2.05) is 6.92 Å². The van der Waals surface area contributed by atoms with Gasteiger partial charge in [-0.3, -0.25) is 4.57 Å². The lowest BCUT2D eigenvalue weighted by atomic mass is 10.1. The Labute approximate surface area is 134 Å². The minimum Gasteiger partial charge on any atom is -0.385 e. The van der Waals surface area contributed by atoms with Crippen LogP contribution in [-0.4, -0.2) is 29.8 Å². The maximum Gasteiger partial charge on any atom is 0.207 e. The van der Waals surface area contributed by atoms with E-state index in [2.05, 4.69) is 62.1 Å². The first-order valence-electron chi connectivity index (χ1n) is 7.23. The minimum atomic E-state index is 0.755. The zero-order valence-corrected chi connectivity index (χ0v) is 14.4. The van der Waals surface area contributed by atoms with Gasteiger partial charge in [-0.1, -0.05) is 22.9 Å². The zero-order valence-electron chi connectivity index (χ0n) is 12.8. The summed E-state index contributed by atoms with van der Waals surface area (Å²) in [6, 6.07) is 6.36. The Kier molecular flexibility index (Phi) is 5.82. The molecule has 2 rings (SSSR count). The maximum atomic E-state index is 5.08. The summed E-state index contributed by atoms with van der Waals surface area (Å²) in [4.78, 5) is 4.58. The molecule has 2 aromatic rings. The fourth-order valence-electron chi connectivity index (χ4n) is 2.30. The van der Waals surface area contributed by atoms with Gasteiger partial charge in [0.2, 0.25) is 5.95 Å². The van der Waals surface area contributed by atoms with Crippen LogP contribution < -0.4 is 5.32 Å². The molecule has 0 saturated carbocycles. The van der Waals surface area contributed by atoms with E-state index >= 15 is 0 Å². The second kappa shape index (κ2) is 7.61. The summed E-state index contributed by atoms with van der Waals surface area (Å²) < 4.78 is 8.32. The molecule has 1 heterocycles. The quantitative estimate of drug-likeness (QED) is 0.767. The molecule has 21 heavy (non-hydrogen) atoms. The molecule has 114 valence electrons. The first-order chi connectivity index (χ1) is 10.2. The molecule has 0 fully saturated rings. The van der Waals surface area contributed by atoms with Crippen molar-refractivity contribution >= 4 is 21.9 Å². The molecule has 1 N–H and O–H groups in total. The van der Waals surface area contributed by atoms with Crippen LogP contribution in [-0.2, 0) is 11.2 Å². The van der Waals surface area contributed by atoms with Crippen molar-refractivity contribution in [1.29, 1.82) is 0 Å². The van der Waals surface area contributed by atoms with Gasteiger partial charge >= 0.3 is 0 Å². The van der Waals surface area contributed by atoms with E-state index in [9.17, 15) is 0 Å². The lowest BCUT2D eigenvalue weighted by molar-refractivity contribution is 0.197. The Hall–Kier alpha value is -1.33. The molecule has 0 aliphatic rings. The molecule has 0 bridgehead atoms. The number of hydrogen-bond acceptors (Lipinski definition) is 3. The highest BCUT2D eigenvalue weighted by Gasteiger charge is 2.10. The molecule has 0 radical (unpaired) electrons. The summed E-state index contributed by atoms with van der Waals surface area (Å²) >= 11 is 3.54. The number of imidazole rings is 1. The fraction of sp³-hybridized carbons (Fsp3) is 0.438. The third-order valence-corrected chi connectivity index (χ3v) is 3.81. The molecular formula is C16H22BrN3O. The molecule has 0 saturated heterocycles. The van der Waals surface area contributed by atoms with Crippen molar-refractivity contribution < 1.29 is 4.74 Å². The van der Waals surface area contributed by atoms with E-state index < -0.39 is 0 Å². The molecular weight excluding hydrogens is 330 g/mol. The summed E-state index contributed by atoms with van der Waals surface area (Å²) in [5, 5.41) is 3.39. The predicted molar refractivity (Wildman–Crippen MR) is 90.4 cm³/mol. The van der Waals surface area contributed by atoms with Crippen molar-refractivity contribution in [3.8, 4) is 5.69 Å². The van der Waals surface area contributed by atoms with Crippen LogP contribution in [0.3, 0.4) is 0 Å². The van der Waals surface area contributed by atoms with Gasteiger partial charge in [0.05, 0.1) is 11.4 Å². The SMILES string of the molecule is CCc1cc(Br)ccc1-n1cc(C)nc1NCCCOC. The van der Waals surface area contributed by atoms with E-state index in [1.165, 1.54) is 11.3 Å². The van der Waals surface area contributed by atoms with Crippen LogP contribution in [0.5, 0.6) is 0 Å². The third kappa shape index (κ3) is 4.08. The van der Waals surface area contributed by atoms with E-state index in [1.54, 1.807) is 7.11 Å². The average Bonchev–Trinajstić information content (AvgIpc) is 2.84. The first-order valence-corrected chi connectivity index (χ1v) is 8.02. The van der Waals surface area contributed by atoms with Crippen LogP contribution in [0, 0.1) is 6.92 Å². The highest BCUT2D eigenvalue weighted by molar-refractivity contribution is 9.10. The number of methoxy groups -OCH3 is 1. The van der Waals surface area contributed by atoms with E-state index in [-0.39, 0.29) is 0 Å². The summed E-state index contributed by atoms with van der Waals surface area (Å²) in [5.41, 5.74) is 3.48. The largest absolute Gasteiger partial charge is 0.385 e. The molecule has 0 atom stereocenters. The number of anilines is 1. The molecule has 0 aliphatic heterocycles. The monoisotopic (exact) mass is 351 g/mol. The molecule has 0 amide bonds. The Balaban J connectivity index is 2.27. The predicted octanol–water partition coefficient (Wildman–Crippen LogP) is 3.95. The lowest BCUT2D eigenvalue weighted by Gasteiger charge is -2.13. The number of benzene rings is 1. The van der Waals surface area contributed by atoms with Gasteiger partial charge in [0.1, 0.15) is 0 Å². The molecule has 4 nitrogen and oxygen atoms in total. The van der Waals surface area contributed by atoms with Crippen LogP contribution in [0.2, 0.25) is 0 Å². The number of nitrogens with zero attached hydrogens (tertiary/aromatic N) is 2. The van der Waals surface area contributed by atoms with Crippen LogP contribution in [0.15, 0.2) is 28.9 Å². The second-order valence-corrected chi connectivity index (χ2v) is 5.89. The van der Waals surface area contributed by atoms with E-state index in [0.717, 1.165) is 42.1 Å². The van der Waals surface area contributed by atoms with Crippen molar-refractivity contribution in [3.05, 3.63) is 40.1 Å². The lowest BCUT2D eigenvalue weighted by Crippen LogP contribution is -2.10. The van der Waals surface area contributed by atoms with Crippen molar-refractivity contribution in [2.45, 2.75) is 26.7 Å². The van der Waals surface area contributed by atoms with Crippen molar-refractivity contribution in [3.63, 3.8) is 0 Å². The van der Waals surface area contributed by atoms with Crippen molar-refractivity contribution in [2.24, 2.45) is 0 Å². The Morgan fingerprint density at radius 3 is 2.90 bits per heavy atom. The highest BCUT2D eigenvalue weighted by Crippen LogP contribution is 2.24. The topological polar surface area (TPSA) is 39.1 Å². The molecule has 1 aromatic carbocycles. The molecule has 0 aliphatic carbocycles. The van der Waals surface area contributed by atoms with Crippen LogP contribution in [0.4, 0.5) is 5.95 Å². The van der Waals surface area contributed by atoms with E-state index in [0.29, 0.717) is 0 Å². The summed E-state index contributed by atoms with van der Waals surface area (Å²) in [6.07, 6.45) is 4.01. The minimum absolute atomic E-state index is 0.755. The number of aromatic nitrogens is 2. The number of hydrogen-bond donors (Lipinski definition) is 1. The zero-order chi connectivity index (χ0) is 15.2. The summed E-state index contributed by atoms with van der Waals surface area (Å²) in [7, 11) is 1.72.